The summed E-state index contributed by atoms with van der Waals surface area (Å²) < 4.78 is 5.65. The molecule has 3 heteroatoms. The van der Waals surface area contributed by atoms with Gasteiger partial charge in [-0.3, -0.25) is 4.98 Å². The molecule has 0 bridgehead atoms. The lowest BCUT2D eigenvalue weighted by molar-refractivity contribution is 0.241. The van der Waals surface area contributed by atoms with E-state index in [0.29, 0.717) is 0 Å². The van der Waals surface area contributed by atoms with Crippen molar-refractivity contribution in [2.45, 2.75) is 26.9 Å². The van der Waals surface area contributed by atoms with Crippen LogP contribution in [0.3, 0.4) is 0 Å². The SMILES string of the molecule is Cc1c(N)cccc1-c1cncc(OC(C)C)c1. The van der Waals surface area contributed by atoms with Crippen LogP contribution in [0.25, 0.3) is 11.1 Å². The van der Waals surface area contributed by atoms with E-state index >= 15 is 0 Å². The van der Waals surface area contributed by atoms with Crippen LogP contribution in [0.15, 0.2) is 36.7 Å². The molecule has 0 radical (unpaired) electrons. The Labute approximate surface area is 108 Å². The topological polar surface area (TPSA) is 48.1 Å². The second kappa shape index (κ2) is 5.08. The number of pyridine rings is 1. The summed E-state index contributed by atoms with van der Waals surface area (Å²) in [5, 5.41) is 0. The number of ether oxygens (including phenoxy) is 1. The van der Waals surface area contributed by atoms with Crippen molar-refractivity contribution in [3.63, 3.8) is 0 Å². The van der Waals surface area contributed by atoms with Gasteiger partial charge in [0.25, 0.3) is 0 Å². The van der Waals surface area contributed by atoms with E-state index in [-0.39, 0.29) is 6.10 Å². The number of hydrogen-bond donors (Lipinski definition) is 1. The maximum Gasteiger partial charge on any atom is 0.138 e. The fraction of sp³-hybridized carbons (Fsp3) is 0.267. The van der Waals surface area contributed by atoms with Crippen molar-refractivity contribution in [1.29, 1.82) is 0 Å². The van der Waals surface area contributed by atoms with Crippen molar-refractivity contribution in [1.82, 2.24) is 4.98 Å². The molecule has 0 aliphatic heterocycles. The fourth-order valence-electron chi connectivity index (χ4n) is 1.87. The third-order valence-corrected chi connectivity index (χ3v) is 2.77. The molecule has 0 aliphatic rings. The number of nitrogens with two attached hydrogens (primary N) is 1. The summed E-state index contributed by atoms with van der Waals surface area (Å²) in [5.74, 6) is 0.782. The zero-order chi connectivity index (χ0) is 13.1. The maximum absolute atomic E-state index is 5.93. The fourth-order valence-corrected chi connectivity index (χ4v) is 1.87. The van der Waals surface area contributed by atoms with Gasteiger partial charge in [0.2, 0.25) is 0 Å². The Morgan fingerprint density at radius 2 is 2.00 bits per heavy atom. The molecule has 0 fully saturated rings. The molecule has 18 heavy (non-hydrogen) atoms. The molecule has 0 amide bonds. The summed E-state index contributed by atoms with van der Waals surface area (Å²) in [6, 6.07) is 7.89. The molecule has 1 aromatic heterocycles. The van der Waals surface area contributed by atoms with Crippen molar-refractivity contribution in [3.8, 4) is 16.9 Å². The first-order valence-corrected chi connectivity index (χ1v) is 6.05. The van der Waals surface area contributed by atoms with Crippen LogP contribution in [-0.2, 0) is 0 Å². The minimum atomic E-state index is 0.143. The second-order valence-corrected chi connectivity index (χ2v) is 4.60. The average Bonchev–Trinajstić information content (AvgIpc) is 2.32. The molecule has 2 N–H and O–H groups in total. The van der Waals surface area contributed by atoms with Gasteiger partial charge < -0.3 is 10.5 Å². The van der Waals surface area contributed by atoms with Crippen LogP contribution >= 0.6 is 0 Å². The van der Waals surface area contributed by atoms with E-state index < -0.39 is 0 Å². The van der Waals surface area contributed by atoms with Crippen LogP contribution in [0.4, 0.5) is 5.69 Å². The number of rotatable bonds is 3. The van der Waals surface area contributed by atoms with Crippen LogP contribution in [0.1, 0.15) is 19.4 Å². The highest BCUT2D eigenvalue weighted by atomic mass is 16.5. The predicted molar refractivity (Wildman–Crippen MR) is 74.6 cm³/mol. The lowest BCUT2D eigenvalue weighted by Crippen LogP contribution is -2.05. The van der Waals surface area contributed by atoms with Gasteiger partial charge in [-0.05, 0) is 44.0 Å². The van der Waals surface area contributed by atoms with E-state index in [2.05, 4.69) is 4.98 Å². The van der Waals surface area contributed by atoms with E-state index in [1.807, 2.05) is 51.2 Å². The van der Waals surface area contributed by atoms with E-state index in [0.717, 1.165) is 28.1 Å². The molecule has 1 heterocycles. The Bertz CT molecular complexity index is 550. The van der Waals surface area contributed by atoms with Gasteiger partial charge in [-0.2, -0.15) is 0 Å². The van der Waals surface area contributed by atoms with Crippen LogP contribution in [-0.4, -0.2) is 11.1 Å². The normalized spacial score (nSPS) is 10.7. The quantitative estimate of drug-likeness (QED) is 0.839. The Morgan fingerprint density at radius 3 is 2.72 bits per heavy atom. The second-order valence-electron chi connectivity index (χ2n) is 4.60. The summed E-state index contributed by atoms with van der Waals surface area (Å²) in [5.41, 5.74) is 9.91. The predicted octanol–water partition coefficient (Wildman–Crippen LogP) is 3.43. The van der Waals surface area contributed by atoms with Crippen molar-refractivity contribution in [2.75, 3.05) is 5.73 Å². The van der Waals surface area contributed by atoms with Crippen LogP contribution in [0.5, 0.6) is 5.75 Å². The molecule has 0 saturated carbocycles. The molecule has 0 atom stereocenters. The van der Waals surface area contributed by atoms with E-state index in [1.165, 1.54) is 0 Å². The van der Waals surface area contributed by atoms with Crippen LogP contribution < -0.4 is 10.5 Å². The highest BCUT2D eigenvalue weighted by Gasteiger charge is 2.06. The maximum atomic E-state index is 5.93. The zero-order valence-corrected chi connectivity index (χ0v) is 11.0. The molecule has 0 spiro atoms. The number of aromatic nitrogens is 1. The van der Waals surface area contributed by atoms with Crippen molar-refractivity contribution in [2.24, 2.45) is 0 Å². The Kier molecular flexibility index (Phi) is 3.51. The Hall–Kier alpha value is -2.03. The first-order valence-electron chi connectivity index (χ1n) is 6.05. The average molecular weight is 242 g/mol. The van der Waals surface area contributed by atoms with E-state index in [1.54, 1.807) is 6.20 Å². The lowest BCUT2D eigenvalue weighted by atomic mass is 10.0. The van der Waals surface area contributed by atoms with E-state index in [9.17, 15) is 0 Å². The Morgan fingerprint density at radius 1 is 1.22 bits per heavy atom. The molecular weight excluding hydrogens is 224 g/mol. The van der Waals surface area contributed by atoms with Gasteiger partial charge in [-0.25, -0.2) is 0 Å². The smallest absolute Gasteiger partial charge is 0.138 e. The third-order valence-electron chi connectivity index (χ3n) is 2.77. The van der Waals surface area contributed by atoms with Crippen molar-refractivity contribution >= 4 is 5.69 Å². The highest BCUT2D eigenvalue weighted by molar-refractivity contribution is 5.72. The van der Waals surface area contributed by atoms with Gasteiger partial charge in [-0.1, -0.05) is 12.1 Å². The van der Waals surface area contributed by atoms with Gasteiger partial charge in [0.15, 0.2) is 0 Å². The van der Waals surface area contributed by atoms with Crippen LogP contribution in [0.2, 0.25) is 0 Å². The number of hydrogen-bond acceptors (Lipinski definition) is 3. The van der Waals surface area contributed by atoms with Crippen LogP contribution in [0, 0.1) is 6.92 Å². The largest absolute Gasteiger partial charge is 0.489 e. The van der Waals surface area contributed by atoms with Gasteiger partial charge in [-0.15, -0.1) is 0 Å². The summed E-state index contributed by atoms with van der Waals surface area (Å²) in [6.45, 7) is 6.01. The third kappa shape index (κ3) is 2.62. The monoisotopic (exact) mass is 242 g/mol. The first-order chi connectivity index (χ1) is 8.58. The standard InChI is InChI=1S/C15H18N2O/c1-10(2)18-13-7-12(8-17-9-13)14-5-4-6-15(16)11(14)3/h4-10H,16H2,1-3H3. The lowest BCUT2D eigenvalue weighted by Gasteiger charge is -2.12. The van der Waals surface area contributed by atoms with Gasteiger partial charge in [0.05, 0.1) is 12.3 Å². The summed E-state index contributed by atoms with van der Waals surface area (Å²) in [6.07, 6.45) is 3.70. The molecule has 0 saturated heterocycles. The van der Waals surface area contributed by atoms with Gasteiger partial charge >= 0.3 is 0 Å². The highest BCUT2D eigenvalue weighted by Crippen LogP contribution is 2.28. The number of nitrogens with zero attached hydrogens (tertiary/aromatic N) is 1. The number of anilines is 1. The van der Waals surface area contributed by atoms with Crippen molar-refractivity contribution < 1.29 is 4.74 Å². The molecular formula is C15H18N2O. The number of benzene rings is 1. The minimum Gasteiger partial charge on any atom is -0.489 e. The number of nitrogen functional groups attached to an aromatic ring is 1. The summed E-state index contributed by atoms with van der Waals surface area (Å²) in [7, 11) is 0. The molecule has 3 nitrogen and oxygen atoms in total. The minimum absolute atomic E-state index is 0.143. The Balaban J connectivity index is 2.41. The first kappa shape index (κ1) is 12.4. The van der Waals surface area contributed by atoms with Gasteiger partial charge in [0, 0.05) is 17.4 Å². The van der Waals surface area contributed by atoms with Crippen molar-refractivity contribution in [3.05, 3.63) is 42.2 Å². The molecule has 0 unspecified atom stereocenters. The summed E-state index contributed by atoms with van der Waals surface area (Å²) in [4.78, 5) is 4.22. The molecule has 2 aromatic rings. The molecule has 2 rings (SSSR count). The molecule has 1 aromatic carbocycles. The van der Waals surface area contributed by atoms with E-state index in [4.69, 9.17) is 10.5 Å². The molecule has 0 aliphatic carbocycles. The van der Waals surface area contributed by atoms with Gasteiger partial charge in [0.1, 0.15) is 5.75 Å². The summed E-state index contributed by atoms with van der Waals surface area (Å²) >= 11 is 0. The molecule has 94 valence electrons. The zero-order valence-electron chi connectivity index (χ0n) is 11.0.